The van der Waals surface area contributed by atoms with Gasteiger partial charge in [-0.1, -0.05) is 35.9 Å². The lowest BCUT2D eigenvalue weighted by Gasteiger charge is -2.08. The fourth-order valence-corrected chi connectivity index (χ4v) is 2.15. The maximum Gasteiger partial charge on any atom is 0.156 e. The molecular weight excluding hydrogens is 272 g/mol. The highest BCUT2D eigenvalue weighted by molar-refractivity contribution is 6.30. The lowest BCUT2D eigenvalue weighted by molar-refractivity contribution is 0.891. The Kier molecular flexibility index (Phi) is 3.65. The van der Waals surface area contributed by atoms with Crippen molar-refractivity contribution in [2.45, 2.75) is 6.54 Å². The van der Waals surface area contributed by atoms with Crippen molar-refractivity contribution in [1.82, 2.24) is 14.8 Å². The summed E-state index contributed by atoms with van der Waals surface area (Å²) in [6, 6.07) is 17.6. The summed E-state index contributed by atoms with van der Waals surface area (Å²) in [5, 5.41) is 12.1. The van der Waals surface area contributed by atoms with Crippen molar-refractivity contribution in [1.29, 1.82) is 0 Å². The molecule has 20 heavy (non-hydrogen) atoms. The summed E-state index contributed by atoms with van der Waals surface area (Å²) in [6.45, 7) is 0.579. The van der Waals surface area contributed by atoms with Gasteiger partial charge in [-0.2, -0.15) is 0 Å². The Morgan fingerprint density at radius 2 is 1.90 bits per heavy atom. The smallest absolute Gasteiger partial charge is 0.156 e. The number of para-hydroxylation sites is 1. The van der Waals surface area contributed by atoms with Crippen LogP contribution in [-0.2, 0) is 6.54 Å². The third-order valence-corrected chi connectivity index (χ3v) is 3.16. The zero-order valence-electron chi connectivity index (χ0n) is 10.7. The first kappa shape index (κ1) is 12.7. The Bertz CT molecular complexity index is 694. The van der Waals surface area contributed by atoms with Crippen LogP contribution in [0.1, 0.15) is 5.82 Å². The Hall–Kier alpha value is -2.33. The first-order valence-corrected chi connectivity index (χ1v) is 6.64. The minimum Gasteiger partial charge on any atom is -0.378 e. The standard InChI is InChI=1S/C15H13ClN4/c16-12-5-4-6-13(9-12)17-10-15-19-18-11-20(15)14-7-2-1-3-8-14/h1-9,11,17H,10H2. The maximum atomic E-state index is 5.96. The van der Waals surface area contributed by atoms with Gasteiger partial charge < -0.3 is 5.32 Å². The van der Waals surface area contributed by atoms with Crippen molar-refractivity contribution in [3.05, 3.63) is 71.8 Å². The van der Waals surface area contributed by atoms with Crippen LogP contribution in [0.3, 0.4) is 0 Å². The molecule has 0 radical (unpaired) electrons. The molecule has 0 amide bonds. The Morgan fingerprint density at radius 3 is 2.70 bits per heavy atom. The number of hydrogen-bond donors (Lipinski definition) is 1. The summed E-state index contributed by atoms with van der Waals surface area (Å²) in [5.74, 6) is 0.844. The molecule has 1 aromatic heterocycles. The van der Waals surface area contributed by atoms with E-state index in [1.165, 1.54) is 0 Å². The van der Waals surface area contributed by atoms with Gasteiger partial charge in [-0.3, -0.25) is 4.57 Å². The van der Waals surface area contributed by atoms with Gasteiger partial charge in [0, 0.05) is 16.4 Å². The van der Waals surface area contributed by atoms with Crippen LogP contribution in [0, 0.1) is 0 Å². The van der Waals surface area contributed by atoms with E-state index in [0.717, 1.165) is 17.2 Å². The highest BCUT2D eigenvalue weighted by Gasteiger charge is 2.05. The largest absolute Gasteiger partial charge is 0.378 e. The predicted molar refractivity (Wildman–Crippen MR) is 80.1 cm³/mol. The van der Waals surface area contributed by atoms with Crippen molar-refractivity contribution in [3.63, 3.8) is 0 Å². The highest BCUT2D eigenvalue weighted by Crippen LogP contribution is 2.16. The first-order chi connectivity index (χ1) is 9.83. The second-order valence-corrected chi connectivity index (χ2v) is 4.75. The van der Waals surface area contributed by atoms with E-state index in [1.54, 1.807) is 6.33 Å². The molecule has 5 heteroatoms. The van der Waals surface area contributed by atoms with E-state index in [9.17, 15) is 0 Å². The summed E-state index contributed by atoms with van der Waals surface area (Å²) < 4.78 is 1.96. The van der Waals surface area contributed by atoms with Gasteiger partial charge in [0.25, 0.3) is 0 Å². The molecule has 4 nitrogen and oxygen atoms in total. The van der Waals surface area contributed by atoms with Crippen LogP contribution in [0.15, 0.2) is 60.9 Å². The molecule has 0 aliphatic rings. The summed E-state index contributed by atoms with van der Waals surface area (Å²) in [5.41, 5.74) is 2.00. The molecule has 2 aromatic carbocycles. The van der Waals surface area contributed by atoms with Crippen LogP contribution in [-0.4, -0.2) is 14.8 Å². The average Bonchev–Trinajstić information content (AvgIpc) is 2.95. The Labute approximate surface area is 122 Å². The number of halogens is 1. The Morgan fingerprint density at radius 1 is 1.05 bits per heavy atom. The van der Waals surface area contributed by atoms with Crippen LogP contribution < -0.4 is 5.32 Å². The lowest BCUT2D eigenvalue weighted by Crippen LogP contribution is -2.07. The van der Waals surface area contributed by atoms with Crippen molar-refractivity contribution in [3.8, 4) is 5.69 Å². The predicted octanol–water partition coefficient (Wildman–Crippen LogP) is 3.53. The molecule has 0 aliphatic carbocycles. The van der Waals surface area contributed by atoms with Crippen LogP contribution >= 0.6 is 11.6 Å². The SMILES string of the molecule is Clc1cccc(NCc2nncn2-c2ccccc2)c1. The molecule has 1 N–H and O–H groups in total. The summed E-state index contributed by atoms with van der Waals surface area (Å²) >= 11 is 5.96. The average molecular weight is 285 g/mol. The van der Waals surface area contributed by atoms with Crippen LogP contribution in [0.25, 0.3) is 5.69 Å². The van der Waals surface area contributed by atoms with Gasteiger partial charge in [0.15, 0.2) is 5.82 Å². The number of aromatic nitrogens is 3. The molecule has 100 valence electrons. The van der Waals surface area contributed by atoms with Crippen molar-refractivity contribution in [2.75, 3.05) is 5.32 Å². The normalized spacial score (nSPS) is 10.4. The van der Waals surface area contributed by atoms with E-state index in [2.05, 4.69) is 15.5 Å². The van der Waals surface area contributed by atoms with Crippen LogP contribution in [0.2, 0.25) is 5.02 Å². The topological polar surface area (TPSA) is 42.7 Å². The zero-order valence-corrected chi connectivity index (χ0v) is 11.5. The minimum absolute atomic E-state index is 0.579. The number of nitrogens with one attached hydrogen (secondary N) is 1. The van der Waals surface area contributed by atoms with E-state index in [-0.39, 0.29) is 0 Å². The van der Waals surface area contributed by atoms with Crippen LogP contribution in [0.4, 0.5) is 5.69 Å². The van der Waals surface area contributed by atoms with Gasteiger partial charge in [-0.25, -0.2) is 0 Å². The fraction of sp³-hybridized carbons (Fsp3) is 0.0667. The third-order valence-electron chi connectivity index (χ3n) is 2.93. The number of hydrogen-bond acceptors (Lipinski definition) is 3. The van der Waals surface area contributed by atoms with Gasteiger partial charge in [-0.05, 0) is 30.3 Å². The maximum absolute atomic E-state index is 5.96. The summed E-state index contributed by atoms with van der Waals surface area (Å²) in [4.78, 5) is 0. The second kappa shape index (κ2) is 5.75. The molecule has 0 fully saturated rings. The fourth-order valence-electron chi connectivity index (χ4n) is 1.96. The molecule has 1 heterocycles. The number of rotatable bonds is 4. The van der Waals surface area contributed by atoms with E-state index < -0.39 is 0 Å². The van der Waals surface area contributed by atoms with Gasteiger partial charge in [-0.15, -0.1) is 10.2 Å². The molecule has 3 rings (SSSR count). The van der Waals surface area contributed by atoms with Gasteiger partial charge >= 0.3 is 0 Å². The molecule has 0 saturated carbocycles. The molecule has 0 bridgehead atoms. The van der Waals surface area contributed by atoms with Gasteiger partial charge in [0.05, 0.1) is 6.54 Å². The number of benzene rings is 2. The highest BCUT2D eigenvalue weighted by atomic mass is 35.5. The van der Waals surface area contributed by atoms with Gasteiger partial charge in [0.1, 0.15) is 6.33 Å². The summed E-state index contributed by atoms with van der Waals surface area (Å²) in [6.07, 6.45) is 1.71. The number of anilines is 1. The molecule has 0 unspecified atom stereocenters. The zero-order chi connectivity index (χ0) is 13.8. The number of nitrogens with zero attached hydrogens (tertiary/aromatic N) is 3. The third kappa shape index (κ3) is 2.81. The first-order valence-electron chi connectivity index (χ1n) is 6.27. The molecule has 3 aromatic rings. The van der Waals surface area contributed by atoms with E-state index in [0.29, 0.717) is 11.6 Å². The van der Waals surface area contributed by atoms with Crippen molar-refractivity contribution < 1.29 is 0 Å². The van der Waals surface area contributed by atoms with Crippen molar-refractivity contribution in [2.24, 2.45) is 0 Å². The lowest BCUT2D eigenvalue weighted by atomic mass is 10.3. The van der Waals surface area contributed by atoms with Crippen LogP contribution in [0.5, 0.6) is 0 Å². The van der Waals surface area contributed by atoms with E-state index in [4.69, 9.17) is 11.6 Å². The monoisotopic (exact) mass is 284 g/mol. The molecule has 0 saturated heterocycles. The summed E-state index contributed by atoms with van der Waals surface area (Å²) in [7, 11) is 0. The molecule has 0 aliphatic heterocycles. The molecule has 0 atom stereocenters. The quantitative estimate of drug-likeness (QED) is 0.797. The molecular formula is C15H13ClN4. The van der Waals surface area contributed by atoms with Gasteiger partial charge in [0.2, 0.25) is 0 Å². The van der Waals surface area contributed by atoms with E-state index >= 15 is 0 Å². The second-order valence-electron chi connectivity index (χ2n) is 4.32. The Balaban J connectivity index is 1.78. The van der Waals surface area contributed by atoms with Crippen molar-refractivity contribution >= 4 is 17.3 Å². The van der Waals surface area contributed by atoms with E-state index in [1.807, 2.05) is 59.2 Å². The minimum atomic E-state index is 0.579. The molecule has 0 spiro atoms.